The van der Waals surface area contributed by atoms with Crippen molar-refractivity contribution in [2.45, 2.75) is 13.8 Å². The highest BCUT2D eigenvalue weighted by atomic mass is 35.5. The van der Waals surface area contributed by atoms with Gasteiger partial charge >= 0.3 is 0 Å². The van der Waals surface area contributed by atoms with Crippen LogP contribution in [0.5, 0.6) is 5.75 Å². The fraction of sp³-hybridized carbons (Fsp3) is 0.130. The average molecular weight is 407 g/mol. The first-order chi connectivity index (χ1) is 14.0. The molecule has 0 aliphatic carbocycles. The Balaban J connectivity index is 1.47. The Morgan fingerprint density at radius 1 is 1.07 bits per heavy atom. The Bertz CT molecular complexity index is 1180. The van der Waals surface area contributed by atoms with Crippen molar-refractivity contribution in [2.75, 3.05) is 11.9 Å². The van der Waals surface area contributed by atoms with Gasteiger partial charge in [-0.05, 0) is 67.9 Å². The van der Waals surface area contributed by atoms with Gasteiger partial charge in [-0.25, -0.2) is 4.98 Å². The van der Waals surface area contributed by atoms with Crippen LogP contribution >= 0.6 is 11.6 Å². The minimum atomic E-state index is -0.266. The van der Waals surface area contributed by atoms with E-state index in [9.17, 15) is 4.79 Å². The van der Waals surface area contributed by atoms with Crippen LogP contribution in [0, 0.1) is 13.8 Å². The van der Waals surface area contributed by atoms with E-state index in [1.807, 2.05) is 19.1 Å². The van der Waals surface area contributed by atoms with Crippen molar-refractivity contribution in [3.63, 3.8) is 0 Å². The summed E-state index contributed by atoms with van der Waals surface area (Å²) >= 11 is 5.84. The van der Waals surface area contributed by atoms with E-state index in [1.165, 1.54) is 5.56 Å². The summed E-state index contributed by atoms with van der Waals surface area (Å²) in [5, 5.41) is 3.43. The molecule has 4 rings (SSSR count). The van der Waals surface area contributed by atoms with E-state index in [-0.39, 0.29) is 12.5 Å². The molecule has 0 aliphatic rings. The molecular formula is C23H19ClN2O3. The molecule has 0 aliphatic heterocycles. The number of benzene rings is 3. The highest BCUT2D eigenvalue weighted by Gasteiger charge is 2.12. The number of hydrogen-bond donors (Lipinski definition) is 1. The van der Waals surface area contributed by atoms with Gasteiger partial charge in [-0.2, -0.15) is 0 Å². The Hall–Kier alpha value is -3.31. The summed E-state index contributed by atoms with van der Waals surface area (Å²) in [5.74, 6) is 0.874. The largest absolute Gasteiger partial charge is 0.484 e. The first-order valence-corrected chi connectivity index (χ1v) is 9.52. The number of carbonyl (C=O) groups is 1. The van der Waals surface area contributed by atoms with Crippen molar-refractivity contribution in [3.8, 4) is 17.2 Å². The number of anilines is 1. The van der Waals surface area contributed by atoms with Crippen LogP contribution in [0.15, 0.2) is 65.1 Å². The molecule has 0 radical (unpaired) electrons. The summed E-state index contributed by atoms with van der Waals surface area (Å²) in [4.78, 5) is 16.8. The van der Waals surface area contributed by atoms with Gasteiger partial charge in [0.2, 0.25) is 5.89 Å². The molecule has 146 valence electrons. The van der Waals surface area contributed by atoms with Crippen molar-refractivity contribution in [3.05, 3.63) is 76.8 Å². The van der Waals surface area contributed by atoms with Crippen LogP contribution in [-0.4, -0.2) is 17.5 Å². The summed E-state index contributed by atoms with van der Waals surface area (Å²) in [6, 6.07) is 18.3. The van der Waals surface area contributed by atoms with Crippen molar-refractivity contribution in [2.24, 2.45) is 0 Å². The number of rotatable bonds is 5. The number of amides is 1. The van der Waals surface area contributed by atoms with Gasteiger partial charge in [0.15, 0.2) is 12.2 Å². The maximum atomic E-state index is 12.2. The van der Waals surface area contributed by atoms with E-state index in [2.05, 4.69) is 23.3 Å². The Morgan fingerprint density at radius 2 is 1.86 bits per heavy atom. The Labute approximate surface area is 173 Å². The number of nitrogens with one attached hydrogen (secondary N) is 1. The van der Waals surface area contributed by atoms with Crippen molar-refractivity contribution < 1.29 is 13.9 Å². The second-order valence-corrected chi connectivity index (χ2v) is 7.25. The van der Waals surface area contributed by atoms with Gasteiger partial charge in [0.25, 0.3) is 5.91 Å². The molecule has 0 atom stereocenters. The molecule has 0 bridgehead atoms. The molecule has 6 heteroatoms. The normalized spacial score (nSPS) is 10.9. The molecule has 0 saturated heterocycles. The number of halogens is 1. The van der Waals surface area contributed by atoms with E-state index < -0.39 is 0 Å². The standard InChI is InChI=1S/C23H19ClN2O3/c1-14-3-9-19(15(2)11-14)23-26-20-12-17(6-10-21(20)29-23)25-22(27)13-28-18-7-4-16(24)5-8-18/h3-12H,13H2,1-2H3,(H,25,27). The lowest BCUT2D eigenvalue weighted by atomic mass is 10.1. The van der Waals surface area contributed by atoms with Gasteiger partial charge in [0, 0.05) is 16.3 Å². The number of ether oxygens (including phenoxy) is 1. The van der Waals surface area contributed by atoms with Crippen LogP contribution in [0.1, 0.15) is 11.1 Å². The molecular weight excluding hydrogens is 388 g/mol. The third-order valence-electron chi connectivity index (χ3n) is 4.47. The number of nitrogens with zero attached hydrogens (tertiary/aromatic N) is 1. The lowest BCUT2D eigenvalue weighted by Crippen LogP contribution is -2.20. The van der Waals surface area contributed by atoms with E-state index in [0.29, 0.717) is 33.4 Å². The predicted molar refractivity (Wildman–Crippen MR) is 114 cm³/mol. The van der Waals surface area contributed by atoms with Crippen molar-refractivity contribution in [1.82, 2.24) is 4.98 Å². The van der Waals surface area contributed by atoms with Crippen molar-refractivity contribution in [1.29, 1.82) is 0 Å². The zero-order chi connectivity index (χ0) is 20.4. The molecule has 4 aromatic rings. The monoisotopic (exact) mass is 406 g/mol. The summed E-state index contributed by atoms with van der Waals surface area (Å²) in [7, 11) is 0. The SMILES string of the molecule is Cc1ccc(-c2nc3cc(NC(=O)COc4ccc(Cl)cc4)ccc3o2)c(C)c1. The lowest BCUT2D eigenvalue weighted by Gasteiger charge is -2.07. The smallest absolute Gasteiger partial charge is 0.262 e. The fourth-order valence-corrected chi connectivity index (χ4v) is 3.18. The van der Waals surface area contributed by atoms with Crippen molar-refractivity contribution >= 4 is 34.3 Å². The summed E-state index contributed by atoms with van der Waals surface area (Å²) in [6.45, 7) is 3.98. The quantitative estimate of drug-likeness (QED) is 0.456. The van der Waals surface area contributed by atoms with Crippen LogP contribution < -0.4 is 10.1 Å². The van der Waals surface area contributed by atoms with Gasteiger partial charge in [0.1, 0.15) is 11.3 Å². The summed E-state index contributed by atoms with van der Waals surface area (Å²) < 4.78 is 11.4. The summed E-state index contributed by atoms with van der Waals surface area (Å²) in [6.07, 6.45) is 0. The zero-order valence-corrected chi connectivity index (χ0v) is 16.8. The minimum Gasteiger partial charge on any atom is -0.484 e. The first-order valence-electron chi connectivity index (χ1n) is 9.14. The second kappa shape index (κ2) is 7.97. The number of aromatic nitrogens is 1. The van der Waals surface area contributed by atoms with Crippen LogP contribution in [0.25, 0.3) is 22.6 Å². The molecule has 1 N–H and O–H groups in total. The molecule has 5 nitrogen and oxygen atoms in total. The highest BCUT2D eigenvalue weighted by molar-refractivity contribution is 6.30. The Kier molecular flexibility index (Phi) is 5.23. The van der Waals surface area contributed by atoms with Crippen LogP contribution in [0.2, 0.25) is 5.02 Å². The molecule has 1 heterocycles. The van der Waals surface area contributed by atoms with E-state index >= 15 is 0 Å². The number of carbonyl (C=O) groups excluding carboxylic acids is 1. The topological polar surface area (TPSA) is 64.4 Å². The van der Waals surface area contributed by atoms with Gasteiger partial charge in [0.05, 0.1) is 0 Å². The number of hydrogen-bond acceptors (Lipinski definition) is 4. The Morgan fingerprint density at radius 3 is 2.62 bits per heavy atom. The lowest BCUT2D eigenvalue weighted by molar-refractivity contribution is -0.118. The van der Waals surface area contributed by atoms with Crippen LogP contribution in [0.4, 0.5) is 5.69 Å². The molecule has 29 heavy (non-hydrogen) atoms. The molecule has 3 aromatic carbocycles. The van der Waals surface area contributed by atoms with E-state index in [1.54, 1.807) is 42.5 Å². The highest BCUT2D eigenvalue weighted by Crippen LogP contribution is 2.28. The third-order valence-corrected chi connectivity index (χ3v) is 4.72. The van der Waals surface area contributed by atoms with Gasteiger partial charge in [-0.3, -0.25) is 4.79 Å². The molecule has 0 saturated carbocycles. The van der Waals surface area contributed by atoms with Crippen LogP contribution in [0.3, 0.4) is 0 Å². The average Bonchev–Trinajstić information content (AvgIpc) is 3.10. The van der Waals surface area contributed by atoms with Gasteiger partial charge < -0.3 is 14.5 Å². The van der Waals surface area contributed by atoms with E-state index in [4.69, 9.17) is 20.8 Å². The molecule has 1 aromatic heterocycles. The molecule has 0 spiro atoms. The zero-order valence-electron chi connectivity index (χ0n) is 16.0. The predicted octanol–water partition coefficient (Wildman–Crippen LogP) is 5.78. The maximum absolute atomic E-state index is 12.2. The maximum Gasteiger partial charge on any atom is 0.262 e. The second-order valence-electron chi connectivity index (χ2n) is 6.81. The molecule has 0 fully saturated rings. The van der Waals surface area contributed by atoms with Gasteiger partial charge in [-0.1, -0.05) is 29.3 Å². The summed E-state index contributed by atoms with van der Waals surface area (Å²) in [5.41, 5.74) is 5.21. The number of fused-ring (bicyclic) bond motifs is 1. The van der Waals surface area contributed by atoms with Gasteiger partial charge in [-0.15, -0.1) is 0 Å². The van der Waals surface area contributed by atoms with Crippen LogP contribution in [-0.2, 0) is 4.79 Å². The molecule has 0 unspecified atom stereocenters. The number of aryl methyl sites for hydroxylation is 2. The first kappa shape index (κ1) is 19.0. The number of oxazole rings is 1. The third kappa shape index (κ3) is 4.41. The molecule has 1 amide bonds. The fourth-order valence-electron chi connectivity index (χ4n) is 3.05. The van der Waals surface area contributed by atoms with E-state index in [0.717, 1.165) is 11.1 Å². The minimum absolute atomic E-state index is 0.105.